The van der Waals surface area contributed by atoms with Gasteiger partial charge in [0.2, 0.25) is 0 Å². The zero-order valence-electron chi connectivity index (χ0n) is 11.7. The molecule has 0 aliphatic heterocycles. The number of nitrogens with one attached hydrogen (secondary N) is 1. The van der Waals surface area contributed by atoms with Crippen molar-refractivity contribution < 1.29 is 22.5 Å². The first kappa shape index (κ1) is 17.5. The Kier molecular flexibility index (Phi) is 5.91. The minimum absolute atomic E-state index is 0.166. The van der Waals surface area contributed by atoms with Crippen molar-refractivity contribution in [3.8, 4) is 17.6 Å². The lowest BCUT2D eigenvalue weighted by Crippen LogP contribution is -2.25. The molecule has 0 saturated carbocycles. The number of carbonyl (C=O) groups is 1. The van der Waals surface area contributed by atoms with Gasteiger partial charge >= 0.3 is 10.3 Å². The number of nitriles is 1. The second kappa shape index (κ2) is 7.44. The van der Waals surface area contributed by atoms with E-state index in [1.54, 1.807) is 6.07 Å². The van der Waals surface area contributed by atoms with Gasteiger partial charge in [-0.25, -0.2) is 0 Å². The third-order valence-corrected chi connectivity index (χ3v) is 2.81. The third-order valence-electron chi connectivity index (χ3n) is 2.40. The Morgan fingerprint density at radius 2 is 2.23 bits per heavy atom. The van der Waals surface area contributed by atoms with Crippen molar-refractivity contribution in [1.29, 1.82) is 5.26 Å². The van der Waals surface area contributed by atoms with Crippen LogP contribution in [0.5, 0.6) is 11.5 Å². The van der Waals surface area contributed by atoms with Gasteiger partial charge in [0.05, 0.1) is 0 Å². The summed E-state index contributed by atoms with van der Waals surface area (Å²) in [5, 5.41) is 25.8. The molecule has 1 rings (SSSR count). The summed E-state index contributed by atoms with van der Waals surface area (Å²) in [6.45, 7) is 2.29. The van der Waals surface area contributed by atoms with Crippen LogP contribution in [0.4, 0.5) is 0 Å². The fourth-order valence-electron chi connectivity index (χ4n) is 1.46. The number of hydrogen-bond acceptors (Lipinski definition) is 6. The highest BCUT2D eigenvalue weighted by Crippen LogP contribution is 2.28. The summed E-state index contributed by atoms with van der Waals surface area (Å²) >= 11 is 0. The van der Waals surface area contributed by atoms with Gasteiger partial charge in [-0.05, 0) is 30.2 Å². The van der Waals surface area contributed by atoms with Crippen LogP contribution in [-0.2, 0) is 15.1 Å². The first-order valence-electron chi connectivity index (χ1n) is 6.22. The number of amides is 1. The Morgan fingerprint density at radius 1 is 1.55 bits per heavy atom. The van der Waals surface area contributed by atoms with E-state index in [0.717, 1.165) is 18.6 Å². The van der Waals surface area contributed by atoms with Crippen molar-refractivity contribution in [3.63, 3.8) is 0 Å². The van der Waals surface area contributed by atoms with Gasteiger partial charge in [-0.2, -0.15) is 18.8 Å². The summed E-state index contributed by atoms with van der Waals surface area (Å²) in [7, 11) is -4.30. The van der Waals surface area contributed by atoms with Crippen LogP contribution in [0.2, 0.25) is 0 Å². The Morgan fingerprint density at radius 3 is 2.77 bits per heavy atom. The van der Waals surface area contributed by atoms with Crippen LogP contribution in [0.3, 0.4) is 0 Å². The number of phenols is 1. The van der Waals surface area contributed by atoms with E-state index in [1.165, 1.54) is 12.1 Å². The second-order valence-electron chi connectivity index (χ2n) is 4.23. The first-order valence-corrected chi connectivity index (χ1v) is 7.69. The number of aromatic hydroxyl groups is 1. The summed E-state index contributed by atoms with van der Waals surface area (Å²) in [5.41, 5.74) is 0.125. The van der Waals surface area contributed by atoms with E-state index < -0.39 is 27.7 Å². The minimum Gasteiger partial charge on any atom is -0.504 e. The Balaban J connectivity index is 3.11. The van der Waals surface area contributed by atoms with E-state index in [0.29, 0.717) is 12.1 Å². The van der Waals surface area contributed by atoms with Crippen LogP contribution in [-0.4, -0.2) is 26.0 Å². The number of nitrogens with zero attached hydrogens (tertiary/aromatic N) is 1. The molecular formula is C13H15N3O5S. The molecule has 9 heteroatoms. The molecule has 1 aromatic rings. The summed E-state index contributed by atoms with van der Waals surface area (Å²) in [6.07, 6.45) is 1.95. The van der Waals surface area contributed by atoms with Gasteiger partial charge in [-0.1, -0.05) is 13.0 Å². The van der Waals surface area contributed by atoms with E-state index >= 15 is 0 Å². The molecule has 0 bridgehead atoms. The summed E-state index contributed by atoms with van der Waals surface area (Å²) in [4.78, 5) is 11.7. The van der Waals surface area contributed by atoms with Crippen molar-refractivity contribution in [3.05, 3.63) is 29.3 Å². The number of hydrogen-bond donors (Lipinski definition) is 3. The quantitative estimate of drug-likeness (QED) is 0.510. The minimum atomic E-state index is -4.30. The Hall–Kier alpha value is -2.57. The highest BCUT2D eigenvalue weighted by molar-refractivity contribution is 7.84. The number of phenolic OH excluding ortho intramolecular Hbond substituents is 1. The number of benzene rings is 1. The van der Waals surface area contributed by atoms with Crippen LogP contribution < -0.4 is 14.6 Å². The molecule has 0 saturated heterocycles. The zero-order valence-corrected chi connectivity index (χ0v) is 12.6. The fraction of sp³-hybridized carbons (Fsp3) is 0.231. The average molecular weight is 325 g/mol. The molecule has 1 amide bonds. The molecule has 0 heterocycles. The molecule has 0 aliphatic rings. The number of rotatable bonds is 6. The van der Waals surface area contributed by atoms with E-state index in [-0.39, 0.29) is 5.57 Å². The van der Waals surface area contributed by atoms with Crippen molar-refractivity contribution in [2.24, 2.45) is 5.14 Å². The maximum Gasteiger partial charge on any atom is 0.380 e. The molecule has 0 aliphatic carbocycles. The van der Waals surface area contributed by atoms with Crippen LogP contribution in [0.1, 0.15) is 18.9 Å². The van der Waals surface area contributed by atoms with Gasteiger partial charge in [0.15, 0.2) is 11.5 Å². The largest absolute Gasteiger partial charge is 0.504 e. The van der Waals surface area contributed by atoms with Gasteiger partial charge in [-0.15, -0.1) is 0 Å². The van der Waals surface area contributed by atoms with Crippen LogP contribution in [0.25, 0.3) is 6.08 Å². The lowest BCUT2D eigenvalue weighted by molar-refractivity contribution is -0.117. The molecule has 0 unspecified atom stereocenters. The van der Waals surface area contributed by atoms with Gasteiger partial charge < -0.3 is 14.6 Å². The molecule has 1 aromatic carbocycles. The molecular weight excluding hydrogens is 310 g/mol. The molecule has 118 valence electrons. The fourth-order valence-corrected chi connectivity index (χ4v) is 1.85. The van der Waals surface area contributed by atoms with Crippen LogP contribution in [0.15, 0.2) is 23.8 Å². The monoisotopic (exact) mass is 325 g/mol. The predicted octanol–water partition coefficient (Wildman–Crippen LogP) is 0.408. The SMILES string of the molecule is CCCNC(=O)C(C#N)=Cc1ccc(O)c(OS(N)(=O)=O)c1. The van der Waals surface area contributed by atoms with E-state index in [1.807, 2.05) is 6.92 Å². The summed E-state index contributed by atoms with van der Waals surface area (Å²) in [5.74, 6) is -1.39. The lowest BCUT2D eigenvalue weighted by Gasteiger charge is -2.06. The third kappa shape index (κ3) is 5.43. The summed E-state index contributed by atoms with van der Waals surface area (Å²) < 4.78 is 26.2. The molecule has 0 radical (unpaired) electrons. The smallest absolute Gasteiger partial charge is 0.380 e. The highest BCUT2D eigenvalue weighted by Gasteiger charge is 2.12. The Bertz CT molecular complexity index is 735. The maximum absolute atomic E-state index is 11.7. The second-order valence-corrected chi connectivity index (χ2v) is 5.38. The van der Waals surface area contributed by atoms with Crippen molar-refractivity contribution >= 4 is 22.3 Å². The van der Waals surface area contributed by atoms with E-state index in [4.69, 9.17) is 10.4 Å². The van der Waals surface area contributed by atoms with Crippen molar-refractivity contribution in [2.75, 3.05) is 6.54 Å². The summed E-state index contributed by atoms with van der Waals surface area (Å²) in [6, 6.07) is 5.43. The van der Waals surface area contributed by atoms with Crippen molar-refractivity contribution in [1.82, 2.24) is 5.32 Å². The van der Waals surface area contributed by atoms with Crippen LogP contribution >= 0.6 is 0 Å². The van der Waals surface area contributed by atoms with Gasteiger partial charge in [0.1, 0.15) is 11.6 Å². The highest BCUT2D eigenvalue weighted by atomic mass is 32.2. The van der Waals surface area contributed by atoms with E-state index in [2.05, 4.69) is 9.50 Å². The molecule has 4 N–H and O–H groups in total. The first-order chi connectivity index (χ1) is 10.3. The molecule has 0 aromatic heterocycles. The standard InChI is InChI=1S/C13H15N3O5S/c1-2-5-16-13(18)10(8-14)6-9-3-4-11(17)12(7-9)21-22(15,19)20/h3-4,6-7,17H,2,5H2,1H3,(H,16,18)(H2,15,19,20). The van der Waals surface area contributed by atoms with Gasteiger partial charge in [0, 0.05) is 6.54 Å². The van der Waals surface area contributed by atoms with Gasteiger partial charge in [-0.3, -0.25) is 4.79 Å². The predicted molar refractivity (Wildman–Crippen MR) is 78.7 cm³/mol. The van der Waals surface area contributed by atoms with Gasteiger partial charge in [0.25, 0.3) is 5.91 Å². The lowest BCUT2D eigenvalue weighted by atomic mass is 10.1. The number of carbonyl (C=O) groups excluding carboxylic acids is 1. The van der Waals surface area contributed by atoms with Crippen molar-refractivity contribution in [2.45, 2.75) is 13.3 Å². The zero-order chi connectivity index (χ0) is 16.8. The molecule has 0 fully saturated rings. The molecule has 22 heavy (non-hydrogen) atoms. The van der Waals surface area contributed by atoms with E-state index in [9.17, 15) is 18.3 Å². The molecule has 0 atom stereocenters. The number of nitrogens with two attached hydrogens (primary N) is 1. The normalized spacial score (nSPS) is 11.6. The van der Waals surface area contributed by atoms with Crippen LogP contribution in [0, 0.1) is 11.3 Å². The molecule has 0 spiro atoms. The Labute approximate surface area is 128 Å². The molecule has 8 nitrogen and oxygen atoms in total. The topological polar surface area (TPSA) is 143 Å². The average Bonchev–Trinajstić information content (AvgIpc) is 2.44. The maximum atomic E-state index is 11.7.